The molecule has 1 aromatic carbocycles. The van der Waals surface area contributed by atoms with Crippen LogP contribution in [-0.4, -0.2) is 39.8 Å². The van der Waals surface area contributed by atoms with Gasteiger partial charge in [0.25, 0.3) is 0 Å². The van der Waals surface area contributed by atoms with Crippen LogP contribution in [0.2, 0.25) is 0 Å². The average Bonchev–Trinajstić information content (AvgIpc) is 3.02. The molecule has 2 N–H and O–H groups in total. The highest BCUT2D eigenvalue weighted by atomic mass is 19.1. The van der Waals surface area contributed by atoms with Gasteiger partial charge >= 0.3 is 0 Å². The summed E-state index contributed by atoms with van der Waals surface area (Å²) >= 11 is 0. The molecular weight excluding hydrogens is 269 g/mol. The number of aromatic nitrogens is 2. The summed E-state index contributed by atoms with van der Waals surface area (Å²) in [7, 11) is 0. The van der Waals surface area contributed by atoms with E-state index in [-0.39, 0.29) is 5.82 Å². The quantitative estimate of drug-likeness (QED) is 0.909. The van der Waals surface area contributed by atoms with Gasteiger partial charge in [0.05, 0.1) is 6.10 Å². The number of piperidine rings is 1. The van der Waals surface area contributed by atoms with E-state index in [0.717, 1.165) is 25.9 Å². The van der Waals surface area contributed by atoms with Crippen molar-refractivity contribution in [2.75, 3.05) is 19.6 Å². The van der Waals surface area contributed by atoms with Crippen LogP contribution in [0.5, 0.6) is 0 Å². The topological polar surface area (TPSA) is 52.1 Å². The SMILES string of the molecule is O[C@H](CN1CCC(c2ccn[nH]2)CC1)c1cccc(F)c1. The fourth-order valence-corrected chi connectivity index (χ4v) is 2.98. The van der Waals surface area contributed by atoms with Gasteiger partial charge in [0.2, 0.25) is 0 Å². The van der Waals surface area contributed by atoms with Crippen molar-refractivity contribution >= 4 is 0 Å². The van der Waals surface area contributed by atoms with Crippen LogP contribution in [-0.2, 0) is 0 Å². The van der Waals surface area contributed by atoms with Crippen LogP contribution in [0.1, 0.15) is 36.1 Å². The first-order valence-corrected chi connectivity index (χ1v) is 7.37. The van der Waals surface area contributed by atoms with Gasteiger partial charge in [0.1, 0.15) is 5.82 Å². The lowest BCUT2D eigenvalue weighted by Gasteiger charge is -2.32. The maximum absolute atomic E-state index is 13.2. The van der Waals surface area contributed by atoms with Gasteiger partial charge in [-0.15, -0.1) is 0 Å². The molecule has 0 bridgehead atoms. The number of β-amino-alcohol motifs (C(OH)–C–C–N with tert-alkyl or cyclic N) is 1. The minimum Gasteiger partial charge on any atom is -0.387 e. The van der Waals surface area contributed by atoms with Gasteiger partial charge in [0.15, 0.2) is 0 Å². The summed E-state index contributed by atoms with van der Waals surface area (Å²) in [5.41, 5.74) is 1.84. The molecule has 1 aliphatic heterocycles. The van der Waals surface area contributed by atoms with Crippen molar-refractivity contribution in [3.05, 3.63) is 53.6 Å². The first-order valence-electron chi connectivity index (χ1n) is 7.37. The molecule has 1 saturated heterocycles. The third-order valence-corrected chi connectivity index (χ3v) is 4.21. The molecule has 1 atom stereocenters. The number of halogens is 1. The second-order valence-corrected chi connectivity index (χ2v) is 5.66. The van der Waals surface area contributed by atoms with Crippen molar-refractivity contribution in [3.63, 3.8) is 0 Å². The maximum atomic E-state index is 13.2. The number of hydrogen-bond acceptors (Lipinski definition) is 3. The second kappa shape index (κ2) is 6.37. The zero-order valence-electron chi connectivity index (χ0n) is 11.9. The summed E-state index contributed by atoms with van der Waals surface area (Å²) < 4.78 is 13.2. The molecule has 1 aromatic heterocycles. The molecule has 21 heavy (non-hydrogen) atoms. The van der Waals surface area contributed by atoms with Crippen LogP contribution in [0.3, 0.4) is 0 Å². The van der Waals surface area contributed by atoms with E-state index in [2.05, 4.69) is 15.1 Å². The molecule has 5 heteroatoms. The fourth-order valence-electron chi connectivity index (χ4n) is 2.98. The molecule has 0 radical (unpaired) electrons. The largest absolute Gasteiger partial charge is 0.387 e. The highest BCUT2D eigenvalue weighted by Crippen LogP contribution is 2.27. The van der Waals surface area contributed by atoms with Crippen molar-refractivity contribution in [1.82, 2.24) is 15.1 Å². The van der Waals surface area contributed by atoms with Crippen LogP contribution in [0, 0.1) is 5.82 Å². The molecule has 0 saturated carbocycles. The molecule has 1 aliphatic rings. The minimum absolute atomic E-state index is 0.301. The van der Waals surface area contributed by atoms with Gasteiger partial charge in [-0.25, -0.2) is 4.39 Å². The van der Waals surface area contributed by atoms with E-state index in [1.807, 2.05) is 6.07 Å². The Balaban J connectivity index is 1.53. The maximum Gasteiger partial charge on any atom is 0.123 e. The first kappa shape index (κ1) is 14.2. The molecular formula is C16H20FN3O. The third-order valence-electron chi connectivity index (χ3n) is 4.21. The number of nitrogens with one attached hydrogen (secondary N) is 1. The van der Waals surface area contributed by atoms with Gasteiger partial charge in [0, 0.05) is 24.4 Å². The lowest BCUT2D eigenvalue weighted by molar-refractivity contribution is 0.0967. The van der Waals surface area contributed by atoms with Crippen LogP contribution in [0.25, 0.3) is 0 Å². The zero-order chi connectivity index (χ0) is 14.7. The number of benzene rings is 1. The van der Waals surface area contributed by atoms with E-state index in [9.17, 15) is 9.50 Å². The number of H-pyrrole nitrogens is 1. The molecule has 0 aliphatic carbocycles. The molecule has 2 heterocycles. The molecule has 4 nitrogen and oxygen atoms in total. The van der Waals surface area contributed by atoms with Crippen molar-refractivity contribution in [2.24, 2.45) is 0 Å². The Hall–Kier alpha value is -1.72. The smallest absolute Gasteiger partial charge is 0.123 e. The highest BCUT2D eigenvalue weighted by Gasteiger charge is 2.23. The first-order chi connectivity index (χ1) is 10.2. The van der Waals surface area contributed by atoms with E-state index in [4.69, 9.17) is 0 Å². The van der Waals surface area contributed by atoms with Crippen molar-refractivity contribution in [2.45, 2.75) is 24.9 Å². The molecule has 0 amide bonds. The average molecular weight is 289 g/mol. The monoisotopic (exact) mass is 289 g/mol. The zero-order valence-corrected chi connectivity index (χ0v) is 11.9. The van der Waals surface area contributed by atoms with Crippen molar-refractivity contribution in [1.29, 1.82) is 0 Å². The van der Waals surface area contributed by atoms with Crippen molar-refractivity contribution in [3.8, 4) is 0 Å². The van der Waals surface area contributed by atoms with Gasteiger partial charge in [-0.1, -0.05) is 12.1 Å². The Labute approximate surface area is 123 Å². The lowest BCUT2D eigenvalue weighted by atomic mass is 9.93. The van der Waals surface area contributed by atoms with Gasteiger partial charge in [-0.3, -0.25) is 5.10 Å². The Morgan fingerprint density at radius 2 is 2.14 bits per heavy atom. The molecule has 2 aromatic rings. The third kappa shape index (κ3) is 3.49. The summed E-state index contributed by atoms with van der Waals surface area (Å²) in [5.74, 6) is 0.222. The molecule has 0 spiro atoms. The molecule has 1 fully saturated rings. The van der Waals surface area contributed by atoms with E-state index in [0.29, 0.717) is 18.0 Å². The van der Waals surface area contributed by atoms with Crippen LogP contribution >= 0.6 is 0 Å². The molecule has 3 rings (SSSR count). The Bertz CT molecular complexity index is 565. The van der Waals surface area contributed by atoms with Crippen molar-refractivity contribution < 1.29 is 9.50 Å². The summed E-state index contributed by atoms with van der Waals surface area (Å²) in [6.45, 7) is 2.44. The number of rotatable bonds is 4. The standard InChI is InChI=1S/C16H20FN3O/c17-14-3-1-2-13(10-14)16(21)11-20-8-5-12(6-9-20)15-4-7-18-19-15/h1-4,7,10,12,16,21H,5-6,8-9,11H2,(H,18,19)/t16-/m1/s1. The normalized spacial score (nSPS) is 18.8. The Morgan fingerprint density at radius 1 is 1.33 bits per heavy atom. The second-order valence-electron chi connectivity index (χ2n) is 5.66. The predicted octanol–water partition coefficient (Wildman–Crippen LogP) is 2.46. The number of likely N-dealkylation sites (tertiary alicyclic amines) is 1. The van der Waals surface area contributed by atoms with Crippen LogP contribution in [0.4, 0.5) is 4.39 Å². The van der Waals surface area contributed by atoms with E-state index >= 15 is 0 Å². The highest BCUT2D eigenvalue weighted by molar-refractivity contribution is 5.19. The Morgan fingerprint density at radius 3 is 2.81 bits per heavy atom. The summed E-state index contributed by atoms with van der Waals surface area (Å²) in [5, 5.41) is 17.3. The van der Waals surface area contributed by atoms with Gasteiger partial charge in [-0.2, -0.15) is 5.10 Å². The van der Waals surface area contributed by atoms with Gasteiger partial charge < -0.3 is 10.0 Å². The van der Waals surface area contributed by atoms with E-state index in [1.54, 1.807) is 18.3 Å². The summed E-state index contributed by atoms with van der Waals surface area (Å²) in [6, 6.07) is 8.24. The van der Waals surface area contributed by atoms with E-state index < -0.39 is 6.10 Å². The summed E-state index contributed by atoms with van der Waals surface area (Å²) in [6.07, 6.45) is 3.26. The lowest BCUT2D eigenvalue weighted by Crippen LogP contribution is -2.36. The Kier molecular flexibility index (Phi) is 4.31. The predicted molar refractivity (Wildman–Crippen MR) is 78.4 cm³/mol. The van der Waals surface area contributed by atoms with Crippen LogP contribution < -0.4 is 0 Å². The number of aromatic amines is 1. The summed E-state index contributed by atoms with van der Waals surface area (Å²) in [4.78, 5) is 2.24. The molecule has 0 unspecified atom stereocenters. The number of aliphatic hydroxyl groups is 1. The number of aliphatic hydroxyl groups excluding tert-OH is 1. The fraction of sp³-hybridized carbons (Fsp3) is 0.438. The molecule has 112 valence electrons. The van der Waals surface area contributed by atoms with Gasteiger partial charge in [-0.05, 0) is 49.7 Å². The van der Waals surface area contributed by atoms with Crippen LogP contribution in [0.15, 0.2) is 36.5 Å². The number of nitrogens with zero attached hydrogens (tertiary/aromatic N) is 2. The minimum atomic E-state index is -0.635. The van der Waals surface area contributed by atoms with E-state index in [1.165, 1.54) is 17.8 Å². The number of hydrogen-bond donors (Lipinski definition) is 2.